The standard InChI is InChI=1S/C21H21F3N2O3/c22-14-2-5-16(6-3-14)29-13-21(11-19(25)27)8-1-9-26(12-21)20(28)17-7-4-15(23)10-18(17)24/h2-7,10H,1,8-9,11-13H2,(H2,25,27). The van der Waals surface area contributed by atoms with E-state index in [-0.39, 0.29) is 25.1 Å². The van der Waals surface area contributed by atoms with Crippen LogP contribution in [0.1, 0.15) is 29.6 Å². The van der Waals surface area contributed by atoms with E-state index in [1.165, 1.54) is 29.2 Å². The number of benzene rings is 2. The number of nitrogens with zero attached hydrogens (tertiary/aromatic N) is 1. The average Bonchev–Trinajstić information content (AvgIpc) is 2.67. The topological polar surface area (TPSA) is 72.6 Å². The summed E-state index contributed by atoms with van der Waals surface area (Å²) in [5.74, 6) is -2.83. The molecule has 2 N–H and O–H groups in total. The normalized spacial score (nSPS) is 19.1. The van der Waals surface area contributed by atoms with E-state index in [0.717, 1.165) is 12.1 Å². The Kier molecular flexibility index (Phi) is 6.10. The van der Waals surface area contributed by atoms with Gasteiger partial charge in [-0.3, -0.25) is 9.59 Å². The van der Waals surface area contributed by atoms with Gasteiger partial charge in [-0.2, -0.15) is 0 Å². The zero-order valence-electron chi connectivity index (χ0n) is 15.7. The number of likely N-dealkylation sites (tertiary alicyclic amines) is 1. The lowest BCUT2D eigenvalue weighted by Crippen LogP contribution is -2.50. The molecule has 1 saturated heterocycles. The molecule has 2 amide bonds. The van der Waals surface area contributed by atoms with Crippen molar-refractivity contribution in [3.05, 3.63) is 65.5 Å². The third-order valence-corrected chi connectivity index (χ3v) is 5.02. The molecule has 0 radical (unpaired) electrons. The summed E-state index contributed by atoms with van der Waals surface area (Å²) in [5.41, 5.74) is 4.43. The van der Waals surface area contributed by atoms with E-state index in [9.17, 15) is 22.8 Å². The maximum atomic E-state index is 14.0. The number of piperidine rings is 1. The third-order valence-electron chi connectivity index (χ3n) is 5.02. The Balaban J connectivity index is 1.78. The van der Waals surface area contributed by atoms with Crippen LogP contribution in [0.25, 0.3) is 0 Å². The van der Waals surface area contributed by atoms with Gasteiger partial charge in [0.05, 0.1) is 12.2 Å². The van der Waals surface area contributed by atoms with Gasteiger partial charge in [-0.1, -0.05) is 0 Å². The zero-order valence-corrected chi connectivity index (χ0v) is 15.7. The highest BCUT2D eigenvalue weighted by Gasteiger charge is 2.40. The van der Waals surface area contributed by atoms with Gasteiger partial charge < -0.3 is 15.4 Å². The summed E-state index contributed by atoms with van der Waals surface area (Å²) in [5, 5.41) is 0. The Hall–Kier alpha value is -3.03. The van der Waals surface area contributed by atoms with Gasteiger partial charge in [0.15, 0.2) is 0 Å². The SMILES string of the molecule is NC(=O)CC1(COc2ccc(F)cc2)CCCN(C(=O)c2ccc(F)cc2F)C1. The molecule has 1 aliphatic rings. The second kappa shape index (κ2) is 8.55. The molecule has 0 spiro atoms. The van der Waals surface area contributed by atoms with Crippen LogP contribution >= 0.6 is 0 Å². The molecule has 1 aliphatic heterocycles. The monoisotopic (exact) mass is 406 g/mol. The molecule has 8 heteroatoms. The minimum Gasteiger partial charge on any atom is -0.493 e. The van der Waals surface area contributed by atoms with Crippen molar-refractivity contribution in [3.8, 4) is 5.75 Å². The van der Waals surface area contributed by atoms with E-state index in [1.54, 1.807) is 0 Å². The van der Waals surface area contributed by atoms with Gasteiger partial charge in [0.2, 0.25) is 5.91 Å². The first kappa shape index (κ1) is 20.7. The summed E-state index contributed by atoms with van der Waals surface area (Å²) >= 11 is 0. The van der Waals surface area contributed by atoms with E-state index in [1.807, 2.05) is 0 Å². The van der Waals surface area contributed by atoms with Crippen LogP contribution in [-0.4, -0.2) is 36.4 Å². The number of carbonyl (C=O) groups is 2. The lowest BCUT2D eigenvalue weighted by atomic mass is 9.77. The summed E-state index contributed by atoms with van der Waals surface area (Å²) < 4.78 is 46.0. The molecule has 154 valence electrons. The van der Waals surface area contributed by atoms with Crippen LogP contribution in [0.4, 0.5) is 13.2 Å². The maximum absolute atomic E-state index is 14.0. The average molecular weight is 406 g/mol. The first-order chi connectivity index (χ1) is 13.8. The highest BCUT2D eigenvalue weighted by molar-refractivity contribution is 5.94. The second-order valence-electron chi connectivity index (χ2n) is 7.34. The van der Waals surface area contributed by atoms with Crippen LogP contribution in [0.3, 0.4) is 0 Å². The zero-order chi connectivity index (χ0) is 21.0. The Morgan fingerprint density at radius 3 is 2.41 bits per heavy atom. The fourth-order valence-electron chi connectivity index (χ4n) is 3.66. The molecule has 3 rings (SSSR count). The lowest BCUT2D eigenvalue weighted by molar-refractivity contribution is -0.122. The molecule has 0 aliphatic carbocycles. The van der Waals surface area contributed by atoms with E-state index in [0.29, 0.717) is 31.2 Å². The molecule has 2 aromatic carbocycles. The summed E-state index contributed by atoms with van der Waals surface area (Å²) in [6, 6.07) is 8.22. The van der Waals surface area contributed by atoms with Crippen LogP contribution in [0, 0.1) is 22.9 Å². The smallest absolute Gasteiger partial charge is 0.256 e. The molecule has 2 aromatic rings. The highest BCUT2D eigenvalue weighted by Crippen LogP contribution is 2.35. The number of hydrogen-bond acceptors (Lipinski definition) is 3. The fourth-order valence-corrected chi connectivity index (χ4v) is 3.66. The van der Waals surface area contributed by atoms with Gasteiger partial charge in [-0.25, -0.2) is 13.2 Å². The van der Waals surface area contributed by atoms with E-state index in [2.05, 4.69) is 0 Å². The summed E-state index contributed by atoms with van der Waals surface area (Å²) in [6.07, 6.45) is 1.12. The number of hydrogen-bond donors (Lipinski definition) is 1. The number of amides is 2. The van der Waals surface area contributed by atoms with E-state index < -0.39 is 34.7 Å². The van der Waals surface area contributed by atoms with Gasteiger partial charge in [0.1, 0.15) is 23.2 Å². The van der Waals surface area contributed by atoms with Gasteiger partial charge >= 0.3 is 0 Å². The Morgan fingerprint density at radius 2 is 1.76 bits per heavy atom. The number of primary amides is 1. The molecule has 0 aromatic heterocycles. The van der Waals surface area contributed by atoms with E-state index >= 15 is 0 Å². The van der Waals surface area contributed by atoms with Gasteiger partial charge in [-0.15, -0.1) is 0 Å². The number of ether oxygens (including phenoxy) is 1. The predicted molar refractivity (Wildman–Crippen MR) is 99.6 cm³/mol. The molecule has 1 heterocycles. The molecule has 29 heavy (non-hydrogen) atoms. The first-order valence-electron chi connectivity index (χ1n) is 9.19. The molecule has 1 atom stereocenters. The van der Waals surface area contributed by atoms with Crippen molar-refractivity contribution in [2.45, 2.75) is 19.3 Å². The van der Waals surface area contributed by atoms with Crippen LogP contribution in [0.5, 0.6) is 5.75 Å². The van der Waals surface area contributed by atoms with Crippen LogP contribution in [0.2, 0.25) is 0 Å². The summed E-state index contributed by atoms with van der Waals surface area (Å²) in [4.78, 5) is 25.9. The van der Waals surface area contributed by atoms with Crippen LogP contribution in [-0.2, 0) is 4.79 Å². The number of rotatable bonds is 6. The molecule has 1 fully saturated rings. The van der Waals surface area contributed by atoms with Gasteiger partial charge in [-0.05, 0) is 49.2 Å². The fraction of sp³-hybridized carbons (Fsp3) is 0.333. The Labute approximate surface area is 166 Å². The van der Waals surface area contributed by atoms with Crippen molar-refractivity contribution >= 4 is 11.8 Å². The Bertz CT molecular complexity index is 905. The molecular weight excluding hydrogens is 385 g/mol. The van der Waals surface area contributed by atoms with E-state index in [4.69, 9.17) is 10.5 Å². The number of nitrogens with two attached hydrogens (primary N) is 1. The van der Waals surface area contributed by atoms with Crippen molar-refractivity contribution in [1.29, 1.82) is 0 Å². The third kappa shape index (κ3) is 5.07. The Morgan fingerprint density at radius 1 is 1.07 bits per heavy atom. The maximum Gasteiger partial charge on any atom is 0.256 e. The predicted octanol–water partition coefficient (Wildman–Crippen LogP) is 3.28. The van der Waals surface area contributed by atoms with Crippen molar-refractivity contribution in [1.82, 2.24) is 4.90 Å². The minimum absolute atomic E-state index is 0.0239. The number of carbonyl (C=O) groups excluding carboxylic acids is 2. The van der Waals surface area contributed by atoms with Gasteiger partial charge in [0.25, 0.3) is 5.91 Å². The summed E-state index contributed by atoms with van der Waals surface area (Å²) in [6.45, 7) is 0.580. The van der Waals surface area contributed by atoms with Crippen LogP contribution < -0.4 is 10.5 Å². The van der Waals surface area contributed by atoms with Crippen molar-refractivity contribution < 1.29 is 27.5 Å². The number of halogens is 3. The van der Waals surface area contributed by atoms with Crippen molar-refractivity contribution in [2.24, 2.45) is 11.1 Å². The lowest BCUT2D eigenvalue weighted by Gasteiger charge is -2.42. The second-order valence-corrected chi connectivity index (χ2v) is 7.34. The molecule has 0 bridgehead atoms. The first-order valence-corrected chi connectivity index (χ1v) is 9.19. The molecular formula is C21H21F3N2O3. The molecule has 0 saturated carbocycles. The molecule has 5 nitrogen and oxygen atoms in total. The van der Waals surface area contributed by atoms with Crippen molar-refractivity contribution in [3.63, 3.8) is 0 Å². The largest absolute Gasteiger partial charge is 0.493 e. The molecule has 1 unspecified atom stereocenters. The van der Waals surface area contributed by atoms with Crippen LogP contribution in [0.15, 0.2) is 42.5 Å². The van der Waals surface area contributed by atoms with Gasteiger partial charge in [0, 0.05) is 31.0 Å². The minimum atomic E-state index is -0.941. The quantitative estimate of drug-likeness (QED) is 0.800. The highest BCUT2D eigenvalue weighted by atomic mass is 19.1. The summed E-state index contributed by atoms with van der Waals surface area (Å²) in [7, 11) is 0. The van der Waals surface area contributed by atoms with Crippen molar-refractivity contribution in [2.75, 3.05) is 19.7 Å².